The van der Waals surface area contributed by atoms with Gasteiger partial charge >= 0.3 is 0 Å². The van der Waals surface area contributed by atoms with Crippen molar-refractivity contribution in [2.45, 2.75) is 44.9 Å². The Hall–Kier alpha value is -0.900. The zero-order valence-corrected chi connectivity index (χ0v) is 11.9. The fourth-order valence-corrected chi connectivity index (χ4v) is 3.04. The highest BCUT2D eigenvalue weighted by molar-refractivity contribution is 5.78. The van der Waals surface area contributed by atoms with Gasteiger partial charge in [0.1, 0.15) is 6.29 Å². The van der Waals surface area contributed by atoms with Crippen LogP contribution in [0.3, 0.4) is 0 Å². The summed E-state index contributed by atoms with van der Waals surface area (Å²) in [6, 6.07) is 0. The largest absolute Gasteiger partial charge is 0.342 e. The normalized spacial score (nSPS) is 23.7. The van der Waals surface area contributed by atoms with Gasteiger partial charge in [0.15, 0.2) is 0 Å². The number of likely N-dealkylation sites (tertiary alicyclic amines) is 2. The van der Waals surface area contributed by atoms with Crippen LogP contribution in [0.15, 0.2) is 0 Å². The molecule has 0 aromatic rings. The number of hydrogen-bond donors (Lipinski definition) is 0. The van der Waals surface area contributed by atoms with E-state index in [-0.39, 0.29) is 11.8 Å². The summed E-state index contributed by atoms with van der Waals surface area (Å²) in [5.74, 6) is 0.500. The number of hydrogen-bond acceptors (Lipinski definition) is 3. The highest BCUT2D eigenvalue weighted by Gasteiger charge is 2.22. The highest BCUT2D eigenvalue weighted by atomic mass is 16.2. The van der Waals surface area contributed by atoms with Crippen molar-refractivity contribution in [3.63, 3.8) is 0 Å². The molecular weight excluding hydrogens is 240 g/mol. The maximum absolute atomic E-state index is 12.3. The molecule has 0 unspecified atom stereocenters. The van der Waals surface area contributed by atoms with Crippen molar-refractivity contribution >= 4 is 12.2 Å². The van der Waals surface area contributed by atoms with Gasteiger partial charge in [-0.1, -0.05) is 19.3 Å². The number of amides is 1. The van der Waals surface area contributed by atoms with Crippen LogP contribution in [0, 0.1) is 5.92 Å². The molecule has 2 rings (SSSR count). The van der Waals surface area contributed by atoms with E-state index in [2.05, 4.69) is 4.90 Å². The molecule has 2 saturated heterocycles. The van der Waals surface area contributed by atoms with Gasteiger partial charge in [0.25, 0.3) is 0 Å². The van der Waals surface area contributed by atoms with Crippen LogP contribution >= 0.6 is 0 Å². The van der Waals surface area contributed by atoms with Crippen LogP contribution in [-0.4, -0.2) is 54.7 Å². The van der Waals surface area contributed by atoms with Gasteiger partial charge in [-0.05, 0) is 38.8 Å². The van der Waals surface area contributed by atoms with Crippen molar-refractivity contribution in [1.82, 2.24) is 9.80 Å². The monoisotopic (exact) mass is 266 g/mol. The molecule has 0 radical (unpaired) electrons. The Kier molecular flexibility index (Phi) is 5.83. The summed E-state index contributed by atoms with van der Waals surface area (Å²) >= 11 is 0. The standard InChI is InChI=1S/C15H26N2O2/c18-13-14-6-10-16(11-7-14)12-15(19)17-8-4-2-1-3-5-9-17/h13-14H,1-12H2. The molecule has 0 bridgehead atoms. The van der Waals surface area contributed by atoms with Gasteiger partial charge in [0.2, 0.25) is 5.91 Å². The molecule has 2 aliphatic heterocycles. The molecule has 4 heteroatoms. The van der Waals surface area contributed by atoms with Gasteiger partial charge in [-0.3, -0.25) is 9.69 Å². The van der Waals surface area contributed by atoms with E-state index in [1.807, 2.05) is 4.90 Å². The average molecular weight is 266 g/mol. The maximum atomic E-state index is 12.3. The third-order valence-electron chi connectivity index (χ3n) is 4.39. The predicted molar refractivity (Wildman–Crippen MR) is 74.9 cm³/mol. The van der Waals surface area contributed by atoms with Gasteiger partial charge in [0.05, 0.1) is 6.54 Å². The fourth-order valence-electron chi connectivity index (χ4n) is 3.04. The van der Waals surface area contributed by atoms with Gasteiger partial charge in [0, 0.05) is 19.0 Å². The van der Waals surface area contributed by atoms with Crippen LogP contribution < -0.4 is 0 Å². The molecule has 2 aliphatic rings. The minimum atomic E-state index is 0.216. The Morgan fingerprint density at radius 2 is 1.53 bits per heavy atom. The van der Waals surface area contributed by atoms with Crippen LogP contribution in [0.2, 0.25) is 0 Å². The molecule has 4 nitrogen and oxygen atoms in total. The molecule has 2 heterocycles. The number of carbonyl (C=O) groups excluding carboxylic acids is 2. The molecule has 2 fully saturated rings. The summed E-state index contributed by atoms with van der Waals surface area (Å²) < 4.78 is 0. The van der Waals surface area contributed by atoms with Crippen LogP contribution in [-0.2, 0) is 9.59 Å². The van der Waals surface area contributed by atoms with E-state index < -0.39 is 0 Å². The lowest BCUT2D eigenvalue weighted by Gasteiger charge is -2.32. The second-order valence-electron chi connectivity index (χ2n) is 5.90. The smallest absolute Gasteiger partial charge is 0.236 e. The molecule has 0 aliphatic carbocycles. The lowest BCUT2D eigenvalue weighted by atomic mass is 9.98. The summed E-state index contributed by atoms with van der Waals surface area (Å²) in [5.41, 5.74) is 0. The second-order valence-corrected chi connectivity index (χ2v) is 5.90. The quantitative estimate of drug-likeness (QED) is 0.730. The first-order chi connectivity index (χ1) is 9.29. The van der Waals surface area contributed by atoms with Crippen molar-refractivity contribution < 1.29 is 9.59 Å². The van der Waals surface area contributed by atoms with Crippen molar-refractivity contribution in [2.24, 2.45) is 5.92 Å². The zero-order chi connectivity index (χ0) is 13.5. The SMILES string of the molecule is O=CC1CCN(CC(=O)N2CCCCCCC2)CC1. The number of aldehydes is 1. The first-order valence-corrected chi connectivity index (χ1v) is 7.75. The molecule has 0 saturated carbocycles. The lowest BCUT2D eigenvalue weighted by molar-refractivity contribution is -0.133. The minimum Gasteiger partial charge on any atom is -0.342 e. The lowest BCUT2D eigenvalue weighted by Crippen LogP contribution is -2.44. The summed E-state index contributed by atoms with van der Waals surface area (Å²) in [4.78, 5) is 27.3. The van der Waals surface area contributed by atoms with Crippen LogP contribution in [0.4, 0.5) is 0 Å². The van der Waals surface area contributed by atoms with Crippen molar-refractivity contribution in [2.75, 3.05) is 32.7 Å². The van der Waals surface area contributed by atoms with Gasteiger partial charge < -0.3 is 9.69 Å². The summed E-state index contributed by atoms with van der Waals surface area (Å²) in [6.07, 6.45) is 9.03. The number of rotatable bonds is 3. The Balaban J connectivity index is 1.75. The molecule has 0 spiro atoms. The van der Waals surface area contributed by atoms with E-state index in [4.69, 9.17) is 0 Å². The first kappa shape index (κ1) is 14.5. The maximum Gasteiger partial charge on any atom is 0.236 e. The molecule has 0 aromatic heterocycles. The molecule has 1 amide bonds. The Morgan fingerprint density at radius 3 is 2.11 bits per heavy atom. The van der Waals surface area contributed by atoms with Gasteiger partial charge in [-0.25, -0.2) is 0 Å². The molecule has 108 valence electrons. The molecule has 0 N–H and O–H groups in total. The molecular formula is C15H26N2O2. The van der Waals surface area contributed by atoms with E-state index in [0.29, 0.717) is 6.54 Å². The average Bonchev–Trinajstić information content (AvgIpc) is 2.39. The Bertz CT molecular complexity index is 291. The van der Waals surface area contributed by atoms with Crippen LogP contribution in [0.25, 0.3) is 0 Å². The van der Waals surface area contributed by atoms with E-state index in [9.17, 15) is 9.59 Å². The van der Waals surface area contributed by atoms with Crippen molar-refractivity contribution in [3.05, 3.63) is 0 Å². The van der Waals surface area contributed by atoms with Crippen LogP contribution in [0.5, 0.6) is 0 Å². The molecule has 19 heavy (non-hydrogen) atoms. The topological polar surface area (TPSA) is 40.6 Å². The molecule has 0 aromatic carbocycles. The number of nitrogens with zero attached hydrogens (tertiary/aromatic N) is 2. The second kappa shape index (κ2) is 7.63. The van der Waals surface area contributed by atoms with Gasteiger partial charge in [-0.15, -0.1) is 0 Å². The van der Waals surface area contributed by atoms with Crippen molar-refractivity contribution in [3.8, 4) is 0 Å². The summed E-state index contributed by atoms with van der Waals surface area (Å²) in [6.45, 7) is 4.20. The van der Waals surface area contributed by atoms with E-state index in [1.54, 1.807) is 0 Å². The number of piperidine rings is 1. The first-order valence-electron chi connectivity index (χ1n) is 7.75. The third-order valence-corrected chi connectivity index (χ3v) is 4.39. The summed E-state index contributed by atoms with van der Waals surface area (Å²) in [5, 5.41) is 0. The summed E-state index contributed by atoms with van der Waals surface area (Å²) in [7, 11) is 0. The predicted octanol–water partition coefficient (Wildman–Crippen LogP) is 1.69. The van der Waals surface area contributed by atoms with Crippen molar-refractivity contribution in [1.29, 1.82) is 0 Å². The molecule has 0 atom stereocenters. The van der Waals surface area contributed by atoms with E-state index >= 15 is 0 Å². The highest BCUT2D eigenvalue weighted by Crippen LogP contribution is 2.15. The fraction of sp³-hybridized carbons (Fsp3) is 0.867. The van der Waals surface area contributed by atoms with Crippen LogP contribution in [0.1, 0.15) is 44.9 Å². The minimum absolute atomic E-state index is 0.216. The Labute approximate surface area is 116 Å². The third kappa shape index (κ3) is 4.60. The zero-order valence-electron chi connectivity index (χ0n) is 11.9. The van der Waals surface area contributed by atoms with E-state index in [1.165, 1.54) is 19.3 Å². The van der Waals surface area contributed by atoms with E-state index in [0.717, 1.165) is 58.1 Å². The number of carbonyl (C=O) groups is 2. The Morgan fingerprint density at radius 1 is 0.947 bits per heavy atom. The van der Waals surface area contributed by atoms with Gasteiger partial charge in [-0.2, -0.15) is 0 Å².